The fourth-order valence-corrected chi connectivity index (χ4v) is 1.72. The second-order valence-electron chi connectivity index (χ2n) is 3.82. The molecule has 0 aromatic heterocycles. The molecule has 4 heteroatoms. The van der Waals surface area contributed by atoms with E-state index in [1.54, 1.807) is 18.2 Å². The Morgan fingerprint density at radius 3 is 2.27 bits per heavy atom. The van der Waals surface area contributed by atoms with Gasteiger partial charge in [0.25, 0.3) is 0 Å². The highest BCUT2D eigenvalue weighted by atomic mass is 35.5. The van der Waals surface area contributed by atoms with Crippen molar-refractivity contribution >= 4 is 23.2 Å². The molecule has 2 N–H and O–H groups in total. The molecule has 0 fully saturated rings. The zero-order valence-electron chi connectivity index (χ0n) is 8.61. The molecular weight excluding hydrogens is 235 g/mol. The van der Waals surface area contributed by atoms with Crippen LogP contribution in [-0.4, -0.2) is 16.3 Å². The van der Waals surface area contributed by atoms with E-state index in [-0.39, 0.29) is 5.92 Å². The van der Waals surface area contributed by atoms with E-state index < -0.39 is 12.2 Å². The van der Waals surface area contributed by atoms with Crippen molar-refractivity contribution in [1.82, 2.24) is 0 Å². The van der Waals surface area contributed by atoms with E-state index in [9.17, 15) is 10.2 Å². The minimum absolute atomic E-state index is 0.0463. The number of benzene rings is 1. The summed E-state index contributed by atoms with van der Waals surface area (Å²) in [4.78, 5) is 0. The molecule has 0 aliphatic heterocycles. The summed E-state index contributed by atoms with van der Waals surface area (Å²) < 4.78 is 0. The summed E-state index contributed by atoms with van der Waals surface area (Å²) in [6.07, 6.45) is -1.85. The monoisotopic (exact) mass is 248 g/mol. The van der Waals surface area contributed by atoms with Gasteiger partial charge in [0, 0.05) is 5.56 Å². The van der Waals surface area contributed by atoms with Crippen molar-refractivity contribution in [2.75, 3.05) is 0 Å². The molecule has 84 valence electrons. The molecule has 0 radical (unpaired) electrons. The van der Waals surface area contributed by atoms with E-state index >= 15 is 0 Å². The second kappa shape index (κ2) is 5.17. The third-order valence-corrected chi connectivity index (χ3v) is 3.14. The largest absolute Gasteiger partial charge is 0.390 e. The summed E-state index contributed by atoms with van der Waals surface area (Å²) in [6, 6.07) is 4.99. The van der Waals surface area contributed by atoms with Crippen LogP contribution < -0.4 is 0 Å². The van der Waals surface area contributed by atoms with Crippen LogP contribution in [0.4, 0.5) is 0 Å². The highest BCUT2D eigenvalue weighted by molar-refractivity contribution is 6.42. The average molecular weight is 249 g/mol. The van der Waals surface area contributed by atoms with Crippen LogP contribution in [0.15, 0.2) is 18.2 Å². The molecule has 2 atom stereocenters. The second-order valence-corrected chi connectivity index (χ2v) is 4.61. The van der Waals surface area contributed by atoms with Gasteiger partial charge in [0.15, 0.2) is 0 Å². The number of halogens is 2. The number of aliphatic hydroxyl groups is 2. The number of hydrogen-bond acceptors (Lipinski definition) is 2. The molecule has 15 heavy (non-hydrogen) atoms. The zero-order chi connectivity index (χ0) is 11.6. The summed E-state index contributed by atoms with van der Waals surface area (Å²) in [5, 5.41) is 20.3. The standard InChI is InChI=1S/C11H14Cl2O2/c1-6(2)10(14)11(15)7-4-3-5-8(12)9(7)13/h3-6,10-11,14-15H,1-2H3. The summed E-state index contributed by atoms with van der Waals surface area (Å²) >= 11 is 11.8. The first kappa shape index (κ1) is 12.8. The van der Waals surface area contributed by atoms with Crippen molar-refractivity contribution in [2.45, 2.75) is 26.1 Å². The van der Waals surface area contributed by atoms with Crippen molar-refractivity contribution in [3.63, 3.8) is 0 Å². The van der Waals surface area contributed by atoms with Crippen LogP contribution in [0.25, 0.3) is 0 Å². The molecule has 0 saturated heterocycles. The van der Waals surface area contributed by atoms with E-state index in [0.29, 0.717) is 15.6 Å². The maximum Gasteiger partial charge on any atom is 0.107 e. The lowest BCUT2D eigenvalue weighted by Gasteiger charge is -2.22. The number of rotatable bonds is 3. The van der Waals surface area contributed by atoms with Gasteiger partial charge >= 0.3 is 0 Å². The summed E-state index contributed by atoms with van der Waals surface area (Å²) in [5.41, 5.74) is 0.463. The number of hydrogen-bond donors (Lipinski definition) is 2. The van der Waals surface area contributed by atoms with Crippen LogP contribution in [0.1, 0.15) is 25.5 Å². The normalized spacial score (nSPS) is 15.4. The molecule has 1 aromatic carbocycles. The first-order valence-electron chi connectivity index (χ1n) is 4.75. The summed E-state index contributed by atoms with van der Waals surface area (Å²) in [7, 11) is 0. The topological polar surface area (TPSA) is 40.5 Å². The predicted octanol–water partition coefficient (Wildman–Crippen LogP) is 3.04. The van der Waals surface area contributed by atoms with Gasteiger partial charge in [0.05, 0.1) is 16.1 Å². The lowest BCUT2D eigenvalue weighted by Crippen LogP contribution is -2.24. The minimum atomic E-state index is -1.00. The maximum atomic E-state index is 9.87. The molecular formula is C11H14Cl2O2. The Morgan fingerprint density at radius 1 is 1.13 bits per heavy atom. The molecule has 0 aliphatic rings. The van der Waals surface area contributed by atoms with E-state index in [0.717, 1.165) is 0 Å². The zero-order valence-corrected chi connectivity index (χ0v) is 10.1. The van der Waals surface area contributed by atoms with Crippen molar-refractivity contribution in [3.8, 4) is 0 Å². The van der Waals surface area contributed by atoms with Gasteiger partial charge < -0.3 is 10.2 Å². The van der Waals surface area contributed by atoms with Crippen molar-refractivity contribution < 1.29 is 10.2 Å². The molecule has 0 amide bonds. The van der Waals surface area contributed by atoms with Crippen LogP contribution in [0.2, 0.25) is 10.0 Å². The highest BCUT2D eigenvalue weighted by Crippen LogP contribution is 2.32. The van der Waals surface area contributed by atoms with Crippen molar-refractivity contribution in [3.05, 3.63) is 33.8 Å². The van der Waals surface area contributed by atoms with E-state index in [2.05, 4.69) is 0 Å². The Morgan fingerprint density at radius 2 is 1.73 bits per heavy atom. The molecule has 0 spiro atoms. The third-order valence-electron chi connectivity index (χ3n) is 2.31. The van der Waals surface area contributed by atoms with Crippen LogP contribution in [-0.2, 0) is 0 Å². The average Bonchev–Trinajstić information content (AvgIpc) is 2.20. The van der Waals surface area contributed by atoms with E-state index in [1.807, 2.05) is 13.8 Å². The van der Waals surface area contributed by atoms with Crippen molar-refractivity contribution in [1.29, 1.82) is 0 Å². The van der Waals surface area contributed by atoms with Crippen LogP contribution in [0.5, 0.6) is 0 Å². The van der Waals surface area contributed by atoms with Crippen molar-refractivity contribution in [2.24, 2.45) is 5.92 Å². The third kappa shape index (κ3) is 2.85. The van der Waals surface area contributed by atoms with Gasteiger partial charge in [0.2, 0.25) is 0 Å². The van der Waals surface area contributed by atoms with Gasteiger partial charge in [0.1, 0.15) is 6.10 Å². The van der Waals surface area contributed by atoms with Gasteiger partial charge in [-0.1, -0.05) is 49.2 Å². The lowest BCUT2D eigenvalue weighted by atomic mass is 9.96. The smallest absolute Gasteiger partial charge is 0.107 e. The van der Waals surface area contributed by atoms with E-state index in [1.165, 1.54) is 0 Å². The molecule has 0 aliphatic carbocycles. The molecule has 1 rings (SSSR count). The molecule has 2 unspecified atom stereocenters. The summed E-state index contributed by atoms with van der Waals surface area (Å²) in [6.45, 7) is 3.65. The Kier molecular flexibility index (Phi) is 4.41. The van der Waals surface area contributed by atoms with Gasteiger partial charge in [-0.3, -0.25) is 0 Å². The lowest BCUT2D eigenvalue weighted by molar-refractivity contribution is -0.00933. The quantitative estimate of drug-likeness (QED) is 0.864. The molecule has 2 nitrogen and oxygen atoms in total. The molecule has 0 bridgehead atoms. The van der Waals surface area contributed by atoms with Crippen LogP contribution in [0, 0.1) is 5.92 Å². The Hall–Kier alpha value is -0.280. The van der Waals surface area contributed by atoms with E-state index in [4.69, 9.17) is 23.2 Å². The molecule has 0 heterocycles. The minimum Gasteiger partial charge on any atom is -0.390 e. The maximum absolute atomic E-state index is 9.87. The number of aliphatic hydroxyl groups excluding tert-OH is 2. The Balaban J connectivity index is 3.01. The predicted molar refractivity (Wildman–Crippen MR) is 62.3 cm³/mol. The Labute approximate surface area is 99.5 Å². The van der Waals surface area contributed by atoms with Gasteiger partial charge in [-0.25, -0.2) is 0 Å². The van der Waals surface area contributed by atoms with Gasteiger partial charge in [-0.05, 0) is 12.0 Å². The van der Waals surface area contributed by atoms with Gasteiger partial charge in [-0.15, -0.1) is 0 Å². The molecule has 1 aromatic rings. The van der Waals surface area contributed by atoms with Gasteiger partial charge in [-0.2, -0.15) is 0 Å². The Bertz CT molecular complexity index is 339. The fourth-order valence-electron chi connectivity index (χ4n) is 1.30. The fraction of sp³-hybridized carbons (Fsp3) is 0.455. The molecule has 0 saturated carbocycles. The van der Waals surface area contributed by atoms with Crippen LogP contribution >= 0.6 is 23.2 Å². The first-order chi connectivity index (χ1) is 6.95. The highest BCUT2D eigenvalue weighted by Gasteiger charge is 2.23. The first-order valence-corrected chi connectivity index (χ1v) is 5.50. The SMILES string of the molecule is CC(C)C(O)C(O)c1cccc(Cl)c1Cl. The van der Waals surface area contributed by atoms with Crippen LogP contribution in [0.3, 0.4) is 0 Å². The summed E-state index contributed by atoms with van der Waals surface area (Å²) in [5.74, 6) is -0.0463.